The number of alkyl halides is 4. The summed E-state index contributed by atoms with van der Waals surface area (Å²) in [7, 11) is -6.35. The summed E-state index contributed by atoms with van der Waals surface area (Å²) in [6.07, 6.45) is 1.42. The van der Waals surface area contributed by atoms with E-state index in [2.05, 4.69) is 67.6 Å². The van der Waals surface area contributed by atoms with E-state index in [0.717, 1.165) is 0 Å². The molecule has 1 aromatic carbocycles. The van der Waals surface area contributed by atoms with Crippen LogP contribution < -0.4 is 22.6 Å². The van der Waals surface area contributed by atoms with Crippen LogP contribution in [-0.2, 0) is 15.5 Å². The highest BCUT2D eigenvalue weighted by molar-refractivity contribution is 7.86. The third kappa shape index (κ3) is 4.66. The van der Waals surface area contributed by atoms with Gasteiger partial charge in [0, 0.05) is 11.5 Å². The molecular weight excluding hydrogens is 511 g/mol. The molecule has 3 unspecified atom stereocenters. The Balaban J connectivity index is 0.000000221. The summed E-state index contributed by atoms with van der Waals surface area (Å²) in [4.78, 5) is 0. The molecule has 0 aliphatic heterocycles. The second-order valence-corrected chi connectivity index (χ2v) is 11.3. The molecule has 2 bridgehead atoms. The molecule has 3 rings (SSSR count). The predicted molar refractivity (Wildman–Crippen MR) is 93.8 cm³/mol. The minimum atomic E-state index is -6.35. The van der Waals surface area contributed by atoms with Crippen molar-refractivity contribution in [2.75, 3.05) is 0 Å². The first-order valence-corrected chi connectivity index (χ1v) is 11.6. The number of halogens is 5. The first kappa shape index (κ1) is 23.9. The molecule has 2 aliphatic rings. The van der Waals surface area contributed by atoms with Gasteiger partial charge in [0.1, 0.15) is 0 Å². The van der Waals surface area contributed by atoms with Gasteiger partial charge in [-0.25, -0.2) is 8.42 Å². The third-order valence-corrected chi connectivity index (χ3v) is 7.52. The Morgan fingerprint density at radius 2 is 1.61 bits per heavy atom. The second-order valence-electron chi connectivity index (χ2n) is 8.62. The van der Waals surface area contributed by atoms with Crippen molar-refractivity contribution in [1.29, 1.82) is 0 Å². The molecule has 0 spiro atoms. The van der Waals surface area contributed by atoms with Crippen LogP contribution in [0.5, 0.6) is 0 Å². The fourth-order valence-corrected chi connectivity index (χ4v) is 5.93. The molecule has 3 atom stereocenters. The van der Waals surface area contributed by atoms with Crippen LogP contribution in [0.25, 0.3) is 0 Å². The first-order chi connectivity index (χ1) is 12.6. The van der Waals surface area contributed by atoms with Gasteiger partial charge in [0.25, 0.3) is 22.6 Å². The largest absolute Gasteiger partial charge is 0.743 e. The highest BCUT2D eigenvalue weighted by Gasteiger charge is 2.68. The van der Waals surface area contributed by atoms with Gasteiger partial charge in [0.2, 0.25) is 0 Å². The minimum Gasteiger partial charge on any atom is -0.743 e. The van der Waals surface area contributed by atoms with Crippen LogP contribution in [0.4, 0.5) is 17.6 Å². The van der Waals surface area contributed by atoms with Crippen LogP contribution in [0, 0.1) is 21.3 Å². The first-order valence-electron chi connectivity index (χ1n) is 9.06. The van der Waals surface area contributed by atoms with Gasteiger partial charge in [0.15, 0.2) is 13.7 Å². The Labute approximate surface area is 177 Å². The lowest BCUT2D eigenvalue weighted by Crippen LogP contribution is -3.34. The average Bonchev–Trinajstić information content (AvgIpc) is 3.17. The topological polar surface area (TPSA) is 57.2 Å². The van der Waals surface area contributed by atoms with Crippen LogP contribution in [-0.4, -0.2) is 24.1 Å². The van der Waals surface area contributed by atoms with E-state index < -0.39 is 33.1 Å². The zero-order valence-corrected chi connectivity index (χ0v) is 19.1. The normalized spacial score (nSPS) is 25.4. The molecule has 3 nitrogen and oxygen atoms in total. The molecule has 0 radical (unpaired) electrons. The molecule has 160 valence electrons. The van der Waals surface area contributed by atoms with E-state index in [4.69, 9.17) is 0 Å². The van der Waals surface area contributed by atoms with Gasteiger partial charge >= 0.3 is 11.2 Å². The number of hydrogen-bond acceptors (Lipinski definition) is 3. The van der Waals surface area contributed by atoms with Crippen LogP contribution in [0.3, 0.4) is 0 Å². The average molecular weight is 536 g/mol. The maximum atomic E-state index is 13.5. The van der Waals surface area contributed by atoms with Crippen molar-refractivity contribution in [1.82, 2.24) is 0 Å². The smallest absolute Gasteiger partial charge is 0.396 e. The highest BCUT2D eigenvalue weighted by Crippen LogP contribution is 2.58. The third-order valence-electron chi connectivity index (χ3n) is 5.60. The van der Waals surface area contributed by atoms with Crippen LogP contribution in [0.15, 0.2) is 24.3 Å². The van der Waals surface area contributed by atoms with Crippen molar-refractivity contribution >= 4 is 10.1 Å². The van der Waals surface area contributed by atoms with Crippen LogP contribution >= 0.6 is 0 Å². The summed E-state index contributed by atoms with van der Waals surface area (Å²) in [6, 6.07) is 8.57. The standard InChI is InChI=1S/C10H14I.C9H12F4O3S/c1-10(2,3)8-6-4-5-7-9(8)11;10-8(11,9(12,13)17(14,15)16)7-4-5-1-2-6(7)3-5/h4-7,11H,1-3H3;5-7H,1-4H2,(H,14,15,16)/q+1;/p-1. The Morgan fingerprint density at radius 3 is 1.96 bits per heavy atom. The van der Waals surface area contributed by atoms with Crippen molar-refractivity contribution in [3.63, 3.8) is 0 Å². The van der Waals surface area contributed by atoms with Gasteiger partial charge in [0.05, 0.1) is 0 Å². The summed E-state index contributed by atoms with van der Waals surface area (Å²) < 4.78 is 85.4. The molecule has 9 heteroatoms. The van der Waals surface area contributed by atoms with E-state index in [9.17, 15) is 30.5 Å². The molecule has 0 aromatic heterocycles. The maximum Gasteiger partial charge on any atom is 0.396 e. The van der Waals surface area contributed by atoms with Gasteiger partial charge < -0.3 is 4.55 Å². The Bertz CT molecular complexity index is 806. The van der Waals surface area contributed by atoms with E-state index in [-0.39, 0.29) is 17.8 Å². The van der Waals surface area contributed by atoms with Crippen molar-refractivity contribution in [2.45, 2.75) is 63.0 Å². The molecule has 2 fully saturated rings. The van der Waals surface area contributed by atoms with Gasteiger partial charge in [-0.15, -0.1) is 0 Å². The fraction of sp³-hybridized carbons (Fsp3) is 0.684. The lowest BCUT2D eigenvalue weighted by Gasteiger charge is -2.36. The maximum absolute atomic E-state index is 13.5. The van der Waals surface area contributed by atoms with Crippen LogP contribution in [0.1, 0.15) is 52.0 Å². The Kier molecular flexibility index (Phi) is 6.83. The second kappa shape index (κ2) is 8.02. The van der Waals surface area contributed by atoms with Gasteiger partial charge in [-0.1, -0.05) is 45.4 Å². The summed E-state index contributed by atoms with van der Waals surface area (Å²) in [5.41, 5.74) is 1.73. The van der Waals surface area contributed by atoms with Gasteiger partial charge in [-0.3, -0.25) is 0 Å². The summed E-state index contributed by atoms with van der Waals surface area (Å²) in [5.74, 6) is -7.10. The summed E-state index contributed by atoms with van der Waals surface area (Å²) >= 11 is 2.09. The quantitative estimate of drug-likeness (QED) is 0.336. The molecular formula is C19H25F4IO3S. The number of rotatable bonds is 3. The van der Waals surface area contributed by atoms with Crippen molar-refractivity contribution in [3.05, 3.63) is 33.4 Å². The molecule has 0 amide bonds. The van der Waals surface area contributed by atoms with Crippen LogP contribution in [0.2, 0.25) is 0 Å². The van der Waals surface area contributed by atoms with Crippen molar-refractivity contribution in [3.8, 4) is 0 Å². The predicted octanol–water partition coefficient (Wildman–Crippen LogP) is 1.64. The van der Waals surface area contributed by atoms with E-state index in [1.165, 1.54) is 9.13 Å². The van der Waals surface area contributed by atoms with Crippen molar-refractivity contribution < 1.29 is 53.1 Å². The highest BCUT2D eigenvalue weighted by atomic mass is 127. The minimum absolute atomic E-state index is 0.0407. The zero-order valence-electron chi connectivity index (χ0n) is 15.9. The van der Waals surface area contributed by atoms with E-state index in [1.54, 1.807) is 0 Å². The van der Waals surface area contributed by atoms with Crippen molar-refractivity contribution in [2.24, 2.45) is 17.8 Å². The molecule has 2 aliphatic carbocycles. The molecule has 0 heterocycles. The van der Waals surface area contributed by atoms with E-state index in [1.807, 2.05) is 0 Å². The summed E-state index contributed by atoms with van der Waals surface area (Å²) in [5, 5.41) is -5.52. The Morgan fingerprint density at radius 1 is 1.04 bits per heavy atom. The van der Waals surface area contributed by atoms with Gasteiger partial charge in [-0.2, -0.15) is 17.6 Å². The lowest BCUT2D eigenvalue weighted by molar-refractivity contribution is -0.330. The Hall–Kier alpha value is -0.420. The summed E-state index contributed by atoms with van der Waals surface area (Å²) in [6.45, 7) is 6.74. The molecule has 0 N–H and O–H groups in total. The van der Waals surface area contributed by atoms with E-state index >= 15 is 0 Å². The zero-order chi connectivity index (χ0) is 21.5. The molecule has 28 heavy (non-hydrogen) atoms. The van der Waals surface area contributed by atoms with Gasteiger partial charge in [-0.05, 0) is 42.6 Å². The number of benzene rings is 1. The molecule has 1 aromatic rings. The SMILES string of the molecule is CC(C)(C)c1ccccc1[IH+].O=S(=O)([O-])C(F)(F)C(F)(F)C1CC2CCC1C2. The monoisotopic (exact) mass is 536 g/mol. The lowest BCUT2D eigenvalue weighted by atomic mass is 9.84. The number of fused-ring (bicyclic) bond motifs is 2. The molecule has 0 saturated heterocycles. The fourth-order valence-electron chi connectivity index (χ4n) is 4.16. The molecule has 2 saturated carbocycles. The van der Waals surface area contributed by atoms with E-state index in [0.29, 0.717) is 19.3 Å². The number of hydrogen-bond donors (Lipinski definition) is 0.